The average Bonchev–Trinajstić information content (AvgIpc) is 1.25. The van der Waals surface area contributed by atoms with E-state index in [4.69, 9.17) is 19.8 Å². The first-order valence-corrected chi connectivity index (χ1v) is 1.82. The molecule has 0 N–H and O–H groups in total. The molecule has 53 valence electrons. The quantitative estimate of drug-likeness (QED) is 0.490. The van der Waals surface area contributed by atoms with Crippen molar-refractivity contribution in [1.29, 1.82) is 0 Å². The smallest absolute Gasteiger partial charge is 0.550 e. The van der Waals surface area contributed by atoms with Crippen molar-refractivity contribution in [1.82, 2.24) is 0 Å². The number of hydrogen-bond acceptors (Lipinski definition) is 4. The molecular formula is C4H6GdO4+. The summed E-state index contributed by atoms with van der Waals surface area (Å²) in [5.41, 5.74) is 0. The second-order valence-electron chi connectivity index (χ2n) is 0.983. The van der Waals surface area contributed by atoms with Crippen molar-refractivity contribution in [2.24, 2.45) is 0 Å². The van der Waals surface area contributed by atoms with Gasteiger partial charge < -0.3 is 19.8 Å². The Kier molecular flexibility index (Phi) is 19.9. The van der Waals surface area contributed by atoms with E-state index in [9.17, 15) is 0 Å². The Balaban J connectivity index is -0.0000000720. The number of carboxylic acids is 2. The van der Waals surface area contributed by atoms with Crippen LogP contribution in [-0.2, 0) is 9.59 Å². The van der Waals surface area contributed by atoms with Crippen LogP contribution in [0.25, 0.3) is 0 Å². The minimum Gasteiger partial charge on any atom is -0.550 e. The third-order valence-corrected chi connectivity index (χ3v) is 0. The molecule has 0 amide bonds. The first kappa shape index (κ1) is 16.1. The molecule has 9 heavy (non-hydrogen) atoms. The molecule has 0 fully saturated rings. The van der Waals surface area contributed by atoms with E-state index < -0.39 is 11.9 Å². The van der Waals surface area contributed by atoms with E-state index in [1.54, 1.807) is 0 Å². The number of aliphatic carboxylic acids is 2. The zero-order valence-corrected chi connectivity index (χ0v) is 7.26. The maximum absolute atomic E-state index is 8.89. The molecule has 0 aromatic rings. The Hall–Kier alpha value is 0.265. The van der Waals surface area contributed by atoms with Crippen molar-refractivity contribution in [2.45, 2.75) is 13.8 Å². The average molecular weight is 275 g/mol. The topological polar surface area (TPSA) is 80.3 Å². The second kappa shape index (κ2) is 11.1. The van der Waals surface area contributed by atoms with Gasteiger partial charge in [-0.15, -0.1) is 0 Å². The number of carbonyl (C=O) groups excluding carboxylic acids is 2. The predicted octanol–water partition coefficient (Wildman–Crippen LogP) is -2.49. The molecule has 0 aliphatic heterocycles. The molecule has 0 saturated heterocycles. The van der Waals surface area contributed by atoms with E-state index in [0.717, 1.165) is 13.8 Å². The van der Waals surface area contributed by atoms with Gasteiger partial charge in [0.25, 0.3) is 0 Å². The summed E-state index contributed by atoms with van der Waals surface area (Å²) in [6, 6.07) is 0. The van der Waals surface area contributed by atoms with Gasteiger partial charge in [0, 0.05) is 11.9 Å². The molecular weight excluding hydrogens is 269 g/mol. The van der Waals surface area contributed by atoms with Crippen molar-refractivity contribution >= 4 is 11.9 Å². The van der Waals surface area contributed by atoms with Gasteiger partial charge in [-0.25, -0.2) is 0 Å². The maximum atomic E-state index is 8.89. The molecule has 0 bridgehead atoms. The predicted molar refractivity (Wildman–Crippen MR) is 21.4 cm³/mol. The monoisotopic (exact) mass is 276 g/mol. The van der Waals surface area contributed by atoms with E-state index in [2.05, 4.69) is 0 Å². The fraction of sp³-hybridized carbons (Fsp3) is 0.500. The molecule has 0 aromatic carbocycles. The summed E-state index contributed by atoms with van der Waals surface area (Å²) in [5, 5.41) is 17.8. The van der Waals surface area contributed by atoms with Gasteiger partial charge in [-0.1, -0.05) is 0 Å². The Morgan fingerprint density at radius 1 is 1.00 bits per heavy atom. The van der Waals surface area contributed by atoms with Crippen LogP contribution in [0.2, 0.25) is 0 Å². The van der Waals surface area contributed by atoms with E-state index in [1.807, 2.05) is 0 Å². The normalized spacial score (nSPS) is 5.56. The Labute approximate surface area is 84.9 Å². The van der Waals surface area contributed by atoms with Gasteiger partial charge in [0.05, 0.1) is 0 Å². The van der Waals surface area contributed by atoms with Crippen LogP contribution in [-0.4, -0.2) is 11.9 Å². The summed E-state index contributed by atoms with van der Waals surface area (Å²) >= 11 is 0. The first-order chi connectivity index (χ1) is 3.46. The van der Waals surface area contributed by atoms with Crippen molar-refractivity contribution in [3.63, 3.8) is 0 Å². The van der Waals surface area contributed by atoms with Crippen LogP contribution in [0.4, 0.5) is 0 Å². The van der Waals surface area contributed by atoms with Crippen LogP contribution in [0.15, 0.2) is 0 Å². The van der Waals surface area contributed by atoms with Gasteiger partial charge in [0.1, 0.15) is 0 Å². The molecule has 1 radical (unpaired) electrons. The second-order valence-corrected chi connectivity index (χ2v) is 0.983. The third-order valence-electron chi connectivity index (χ3n) is 0. The van der Waals surface area contributed by atoms with Gasteiger partial charge in [-0.05, 0) is 13.8 Å². The molecule has 0 aliphatic rings. The summed E-state index contributed by atoms with van der Waals surface area (Å²) in [6.07, 6.45) is 0. The van der Waals surface area contributed by atoms with Gasteiger partial charge in [-0.3, -0.25) is 0 Å². The molecule has 0 aromatic heterocycles. The standard InChI is InChI=1S/2C2H4O2.Gd/c2*1-2(3)4;/h2*1H3,(H,3,4);/q;;+3/p-2. The number of hydrogen-bond donors (Lipinski definition) is 0. The maximum Gasteiger partial charge on any atom is 3.00 e. The van der Waals surface area contributed by atoms with Crippen molar-refractivity contribution in [3.8, 4) is 0 Å². The summed E-state index contributed by atoms with van der Waals surface area (Å²) < 4.78 is 0. The van der Waals surface area contributed by atoms with Gasteiger partial charge in [0.15, 0.2) is 0 Å². The number of carboxylic acid groups (broad SMARTS) is 2. The van der Waals surface area contributed by atoms with E-state index >= 15 is 0 Å². The molecule has 0 atom stereocenters. The Bertz CT molecular complexity index is 70.6. The number of carbonyl (C=O) groups is 2. The van der Waals surface area contributed by atoms with E-state index in [1.165, 1.54) is 0 Å². The molecule has 0 heterocycles. The van der Waals surface area contributed by atoms with E-state index in [0.29, 0.717) is 0 Å². The summed E-state index contributed by atoms with van der Waals surface area (Å²) in [4.78, 5) is 17.8. The fourth-order valence-electron chi connectivity index (χ4n) is 0. The third kappa shape index (κ3) is 4630. The summed E-state index contributed by atoms with van der Waals surface area (Å²) in [6.45, 7) is 1.94. The minimum absolute atomic E-state index is 0. The van der Waals surface area contributed by atoms with Gasteiger partial charge >= 0.3 is 39.9 Å². The molecule has 4 nitrogen and oxygen atoms in total. The SMILES string of the molecule is CC(=O)[O-].CC(=O)[O-].[Gd+3]. The molecule has 0 spiro atoms. The van der Waals surface area contributed by atoms with Crippen LogP contribution >= 0.6 is 0 Å². The largest absolute Gasteiger partial charge is 3.00 e. The molecule has 0 saturated carbocycles. The van der Waals surface area contributed by atoms with Gasteiger partial charge in [-0.2, -0.15) is 0 Å². The molecule has 0 aliphatic carbocycles. The fourth-order valence-corrected chi connectivity index (χ4v) is 0. The van der Waals surface area contributed by atoms with Crippen molar-refractivity contribution in [2.75, 3.05) is 0 Å². The minimum atomic E-state index is -1.08. The zero-order valence-electron chi connectivity index (χ0n) is 4.99. The Morgan fingerprint density at radius 2 is 1.00 bits per heavy atom. The Morgan fingerprint density at radius 3 is 1.00 bits per heavy atom. The van der Waals surface area contributed by atoms with E-state index in [-0.39, 0.29) is 39.9 Å². The van der Waals surface area contributed by atoms with Crippen LogP contribution in [0.5, 0.6) is 0 Å². The first-order valence-electron chi connectivity index (χ1n) is 1.82. The van der Waals surface area contributed by atoms with Crippen LogP contribution in [0.3, 0.4) is 0 Å². The van der Waals surface area contributed by atoms with Crippen LogP contribution in [0, 0.1) is 39.9 Å². The molecule has 0 rings (SSSR count). The van der Waals surface area contributed by atoms with Crippen molar-refractivity contribution in [3.05, 3.63) is 0 Å². The summed E-state index contributed by atoms with van der Waals surface area (Å²) in [7, 11) is 0. The zero-order chi connectivity index (χ0) is 7.15. The van der Waals surface area contributed by atoms with Gasteiger partial charge in [0.2, 0.25) is 0 Å². The van der Waals surface area contributed by atoms with Crippen LogP contribution in [0.1, 0.15) is 13.8 Å². The number of rotatable bonds is 0. The van der Waals surface area contributed by atoms with Crippen LogP contribution < -0.4 is 10.2 Å². The van der Waals surface area contributed by atoms with Crippen molar-refractivity contribution < 1.29 is 59.7 Å². The molecule has 5 heteroatoms. The molecule has 0 unspecified atom stereocenters. The summed E-state index contributed by atoms with van der Waals surface area (Å²) in [5.74, 6) is -2.17.